The van der Waals surface area contributed by atoms with E-state index in [0.717, 1.165) is 18.6 Å². The summed E-state index contributed by atoms with van der Waals surface area (Å²) in [5.74, 6) is -4.78. The monoisotopic (exact) mass is 583 g/mol. The number of ether oxygens (including phenoxy) is 3. The predicted octanol–water partition coefficient (Wildman–Crippen LogP) is 4.01. The van der Waals surface area contributed by atoms with Crippen molar-refractivity contribution in [1.29, 1.82) is 0 Å². The van der Waals surface area contributed by atoms with Gasteiger partial charge in [0, 0.05) is 24.4 Å². The molecule has 1 atom stereocenters. The first-order valence-corrected chi connectivity index (χ1v) is 12.3. The summed E-state index contributed by atoms with van der Waals surface area (Å²) in [4.78, 5) is 30.3. The van der Waals surface area contributed by atoms with Gasteiger partial charge in [0.25, 0.3) is 5.91 Å². The number of nitrogens with zero attached hydrogens (tertiary/aromatic N) is 3. The molecule has 0 bridgehead atoms. The predicted molar refractivity (Wildman–Crippen MR) is 138 cm³/mol. The highest BCUT2D eigenvalue weighted by Crippen LogP contribution is 2.33. The maximum absolute atomic E-state index is 13.6. The highest BCUT2D eigenvalue weighted by Gasteiger charge is 2.51. The van der Waals surface area contributed by atoms with Crippen molar-refractivity contribution >= 4 is 11.8 Å². The van der Waals surface area contributed by atoms with Gasteiger partial charge in [0.2, 0.25) is 0 Å². The van der Waals surface area contributed by atoms with Gasteiger partial charge in [-0.1, -0.05) is 24.3 Å². The molecule has 0 saturated heterocycles. The van der Waals surface area contributed by atoms with Crippen LogP contribution in [0.3, 0.4) is 0 Å². The van der Waals surface area contributed by atoms with E-state index >= 15 is 0 Å². The van der Waals surface area contributed by atoms with Crippen molar-refractivity contribution in [3.05, 3.63) is 109 Å². The fourth-order valence-corrected chi connectivity index (χ4v) is 4.34. The van der Waals surface area contributed by atoms with E-state index < -0.39 is 41.6 Å². The van der Waals surface area contributed by atoms with Gasteiger partial charge in [0.15, 0.2) is 5.82 Å². The van der Waals surface area contributed by atoms with E-state index in [9.17, 15) is 27.2 Å². The summed E-state index contributed by atoms with van der Waals surface area (Å²) in [6, 6.07) is 14.0. The number of pyridine rings is 1. The van der Waals surface area contributed by atoms with Crippen molar-refractivity contribution < 1.29 is 41.4 Å². The van der Waals surface area contributed by atoms with Crippen molar-refractivity contribution in [3.63, 3.8) is 0 Å². The topological polar surface area (TPSA) is 131 Å². The second kappa shape index (κ2) is 11.2. The summed E-state index contributed by atoms with van der Waals surface area (Å²) in [6.07, 6.45) is 0.0500. The zero-order chi connectivity index (χ0) is 29.9. The Labute approximate surface area is 235 Å². The van der Waals surface area contributed by atoms with Crippen molar-refractivity contribution in [1.82, 2.24) is 20.1 Å². The minimum Gasteiger partial charge on any atom is -0.447 e. The first-order chi connectivity index (χ1) is 20.1. The molecule has 1 unspecified atom stereocenters. The normalized spacial score (nSPS) is 14.5. The van der Waals surface area contributed by atoms with Gasteiger partial charge in [-0.3, -0.25) is 9.59 Å². The van der Waals surface area contributed by atoms with Crippen molar-refractivity contribution in [2.24, 2.45) is 5.73 Å². The van der Waals surface area contributed by atoms with Crippen LogP contribution in [0.1, 0.15) is 15.9 Å². The van der Waals surface area contributed by atoms with E-state index in [1.165, 1.54) is 77.7 Å². The highest BCUT2D eigenvalue weighted by atomic mass is 19.4. The lowest BCUT2D eigenvalue weighted by Gasteiger charge is -2.33. The molecular weight excluding hydrogens is 562 g/mol. The Morgan fingerprint density at radius 3 is 2.43 bits per heavy atom. The van der Waals surface area contributed by atoms with E-state index in [2.05, 4.69) is 20.1 Å². The first-order valence-electron chi connectivity index (χ1n) is 12.3. The highest BCUT2D eigenvalue weighted by molar-refractivity contribution is 5.98. The van der Waals surface area contributed by atoms with Gasteiger partial charge in [-0.15, -0.1) is 13.2 Å². The number of halogens is 4. The molecule has 2 aromatic heterocycles. The Morgan fingerprint density at radius 2 is 1.74 bits per heavy atom. The Bertz CT molecular complexity index is 1630. The van der Waals surface area contributed by atoms with Gasteiger partial charge >= 0.3 is 18.1 Å². The Kier molecular flexibility index (Phi) is 7.53. The van der Waals surface area contributed by atoms with Crippen LogP contribution in [-0.2, 0) is 20.7 Å². The van der Waals surface area contributed by atoms with Gasteiger partial charge in [0.05, 0.1) is 11.3 Å². The first kappa shape index (κ1) is 28.1. The maximum atomic E-state index is 13.6. The average molecular weight is 583 g/mol. The van der Waals surface area contributed by atoms with E-state index in [1.54, 1.807) is 0 Å². The van der Waals surface area contributed by atoms with E-state index in [1.807, 2.05) is 0 Å². The van der Waals surface area contributed by atoms with E-state index in [0.29, 0.717) is 5.56 Å². The molecule has 1 aliphatic heterocycles. The van der Waals surface area contributed by atoms with Gasteiger partial charge in [-0.2, -0.15) is 5.10 Å². The van der Waals surface area contributed by atoms with Crippen LogP contribution in [-0.4, -0.2) is 44.8 Å². The number of carbonyl (C=O) groups is 2. The molecule has 3 heterocycles. The fraction of sp³-hybridized carbons (Fsp3) is 0.143. The molecule has 0 spiro atoms. The van der Waals surface area contributed by atoms with Crippen LogP contribution < -0.4 is 15.8 Å². The third kappa shape index (κ3) is 5.87. The molecular formula is C28H21F4N5O5. The molecule has 1 aliphatic rings. The second-order valence-corrected chi connectivity index (χ2v) is 8.96. The molecule has 0 fully saturated rings. The van der Waals surface area contributed by atoms with Crippen LogP contribution in [0.5, 0.6) is 5.75 Å². The second-order valence-electron chi connectivity index (χ2n) is 8.96. The standard InChI is InChI=1S/C28H21F4N5O5/c29-18-9-7-17(8-10-18)16-23(27(26(33)39)40-14-15-41-27)35-25(38)20-5-3-12-34-24(20)37-13-11-21(36-37)19-4-1-2-6-22(19)42-28(30,31)32/h1-15,23H,16H2,(H2,33,39)(H,35,38). The van der Waals surface area contributed by atoms with Crippen molar-refractivity contribution in [2.45, 2.75) is 24.6 Å². The number of para-hydroxylation sites is 1. The number of aromatic nitrogens is 3. The molecule has 0 saturated carbocycles. The molecule has 14 heteroatoms. The number of nitrogens with one attached hydrogen (secondary N) is 1. The number of rotatable bonds is 9. The lowest BCUT2D eigenvalue weighted by Crippen LogP contribution is -2.61. The summed E-state index contributed by atoms with van der Waals surface area (Å²) in [5.41, 5.74) is 6.30. The zero-order valence-electron chi connectivity index (χ0n) is 21.4. The molecule has 0 radical (unpaired) electrons. The number of carbonyl (C=O) groups excluding carboxylic acids is 2. The summed E-state index contributed by atoms with van der Waals surface area (Å²) in [6.45, 7) is 0. The maximum Gasteiger partial charge on any atom is 0.573 e. The van der Waals surface area contributed by atoms with Crippen LogP contribution in [0.2, 0.25) is 0 Å². The minimum absolute atomic E-state index is 0.0124. The fourth-order valence-electron chi connectivity index (χ4n) is 4.34. The molecule has 2 amide bonds. The summed E-state index contributed by atoms with van der Waals surface area (Å²) in [5, 5.41) is 7.01. The Balaban J connectivity index is 1.46. The van der Waals surface area contributed by atoms with Crippen molar-refractivity contribution in [3.8, 4) is 22.8 Å². The number of nitrogens with two attached hydrogens (primary N) is 1. The van der Waals surface area contributed by atoms with Crippen LogP contribution in [0.4, 0.5) is 17.6 Å². The summed E-state index contributed by atoms with van der Waals surface area (Å²) in [7, 11) is 0. The van der Waals surface area contributed by atoms with Crippen LogP contribution in [0, 0.1) is 5.82 Å². The molecule has 42 heavy (non-hydrogen) atoms. The minimum atomic E-state index is -4.92. The molecule has 4 aromatic rings. The van der Waals surface area contributed by atoms with Gasteiger partial charge in [-0.25, -0.2) is 14.1 Å². The third-order valence-corrected chi connectivity index (χ3v) is 6.23. The third-order valence-electron chi connectivity index (χ3n) is 6.23. The summed E-state index contributed by atoms with van der Waals surface area (Å²) >= 11 is 0. The lowest BCUT2D eigenvalue weighted by molar-refractivity contribution is -0.274. The molecule has 5 rings (SSSR count). The Morgan fingerprint density at radius 1 is 1.02 bits per heavy atom. The van der Waals surface area contributed by atoms with Gasteiger partial charge < -0.3 is 25.3 Å². The smallest absolute Gasteiger partial charge is 0.447 e. The number of hydrogen-bond acceptors (Lipinski definition) is 7. The van der Waals surface area contributed by atoms with Gasteiger partial charge in [-0.05, 0) is 48.0 Å². The Hall–Kier alpha value is -5.40. The van der Waals surface area contributed by atoms with Crippen LogP contribution in [0.25, 0.3) is 17.1 Å². The number of alkyl halides is 3. The number of benzene rings is 2. The van der Waals surface area contributed by atoms with Gasteiger partial charge in [0.1, 0.15) is 30.1 Å². The number of hydrogen-bond donors (Lipinski definition) is 2. The summed E-state index contributed by atoms with van der Waals surface area (Å²) < 4.78 is 68.4. The molecule has 10 nitrogen and oxygen atoms in total. The van der Waals surface area contributed by atoms with Crippen molar-refractivity contribution in [2.75, 3.05) is 0 Å². The van der Waals surface area contributed by atoms with E-state index in [-0.39, 0.29) is 29.1 Å². The molecule has 3 N–H and O–H groups in total. The average Bonchev–Trinajstić information content (AvgIpc) is 3.65. The SMILES string of the molecule is NC(=O)C1(C(Cc2ccc(F)cc2)NC(=O)c2cccnc2-n2ccc(-c3ccccc3OC(F)(F)F)n2)OC=CO1. The van der Waals surface area contributed by atoms with Crippen LogP contribution in [0.15, 0.2) is 91.6 Å². The quantitative estimate of drug-likeness (QED) is 0.285. The van der Waals surface area contributed by atoms with E-state index in [4.69, 9.17) is 15.2 Å². The largest absolute Gasteiger partial charge is 0.573 e. The molecule has 216 valence electrons. The molecule has 2 aromatic carbocycles. The lowest BCUT2D eigenvalue weighted by atomic mass is 9.97. The number of amides is 2. The zero-order valence-corrected chi connectivity index (χ0v) is 21.4. The number of primary amides is 1. The molecule has 0 aliphatic carbocycles. The van der Waals surface area contributed by atoms with Crippen LogP contribution >= 0.6 is 0 Å².